The van der Waals surface area contributed by atoms with E-state index in [2.05, 4.69) is 0 Å². The first-order chi connectivity index (χ1) is 13.0. The van der Waals surface area contributed by atoms with E-state index in [9.17, 15) is 20.1 Å². The highest BCUT2D eigenvalue weighted by molar-refractivity contribution is 5.90. The van der Waals surface area contributed by atoms with Crippen LogP contribution in [-0.4, -0.2) is 33.1 Å². The first-order valence-electron chi connectivity index (χ1n) is 8.61. The minimum Gasteiger partial charge on any atom is -0.508 e. The predicted molar refractivity (Wildman–Crippen MR) is 97.4 cm³/mol. The van der Waals surface area contributed by atoms with Gasteiger partial charge in [-0.1, -0.05) is 0 Å². The van der Waals surface area contributed by atoms with Gasteiger partial charge in [-0.2, -0.15) is 0 Å². The summed E-state index contributed by atoms with van der Waals surface area (Å²) in [5.41, 5.74) is 0.309. The lowest BCUT2D eigenvalue weighted by atomic mass is 9.97. The number of hydrogen-bond acceptors (Lipinski definition) is 7. The molecule has 27 heavy (non-hydrogen) atoms. The quantitative estimate of drug-likeness (QED) is 0.559. The van der Waals surface area contributed by atoms with E-state index in [-0.39, 0.29) is 46.7 Å². The Hall–Kier alpha value is -3.19. The molecule has 1 aromatic heterocycles. The second-order valence-corrected chi connectivity index (χ2v) is 6.52. The number of aliphatic hydroxyl groups excluding tert-OH is 1. The average Bonchev–Trinajstić information content (AvgIpc) is 2.65. The predicted octanol–water partition coefficient (Wildman–Crippen LogP) is 2.65. The number of rotatable bonds is 3. The molecule has 0 fully saturated rings. The zero-order valence-electron chi connectivity index (χ0n) is 14.3. The average molecular weight is 370 g/mol. The van der Waals surface area contributed by atoms with Crippen molar-refractivity contribution in [2.75, 3.05) is 6.61 Å². The van der Waals surface area contributed by atoms with E-state index < -0.39 is 11.2 Å². The third kappa shape index (κ3) is 2.86. The fourth-order valence-corrected chi connectivity index (χ4v) is 3.40. The number of ether oxygens (including phenoxy) is 1. The van der Waals surface area contributed by atoms with Crippen LogP contribution in [0.4, 0.5) is 0 Å². The van der Waals surface area contributed by atoms with Gasteiger partial charge in [0.1, 0.15) is 34.3 Å². The normalized spacial score (nSPS) is 16.1. The molecule has 0 saturated carbocycles. The third-order valence-corrected chi connectivity index (χ3v) is 4.78. The summed E-state index contributed by atoms with van der Waals surface area (Å²) < 4.78 is 11.6. The minimum atomic E-state index is -0.666. The van der Waals surface area contributed by atoms with Gasteiger partial charge < -0.3 is 29.6 Å². The third-order valence-electron chi connectivity index (χ3n) is 4.78. The number of aromatic hydroxyl groups is 3. The van der Waals surface area contributed by atoms with Crippen LogP contribution in [0.2, 0.25) is 0 Å². The Balaban J connectivity index is 1.95. The van der Waals surface area contributed by atoms with Gasteiger partial charge in [-0.05, 0) is 37.1 Å². The Morgan fingerprint density at radius 1 is 1.11 bits per heavy atom. The first kappa shape index (κ1) is 17.2. The van der Waals surface area contributed by atoms with E-state index in [1.807, 2.05) is 0 Å². The number of phenols is 2. The van der Waals surface area contributed by atoms with Crippen molar-refractivity contribution in [2.24, 2.45) is 0 Å². The molecule has 1 unspecified atom stereocenters. The van der Waals surface area contributed by atoms with Gasteiger partial charge in [-0.3, -0.25) is 4.79 Å². The highest BCUT2D eigenvalue weighted by Crippen LogP contribution is 2.42. The topological polar surface area (TPSA) is 120 Å². The molecule has 7 nitrogen and oxygen atoms in total. The molecule has 4 rings (SSSR count). The molecule has 140 valence electrons. The fraction of sp³-hybridized carbons (Fsp3) is 0.250. The van der Waals surface area contributed by atoms with Crippen LogP contribution in [0.3, 0.4) is 0 Å². The Labute approximate surface area is 153 Å². The van der Waals surface area contributed by atoms with Gasteiger partial charge >= 0.3 is 0 Å². The van der Waals surface area contributed by atoms with E-state index in [0.29, 0.717) is 30.4 Å². The maximum absolute atomic E-state index is 12.9. The van der Waals surface area contributed by atoms with Crippen molar-refractivity contribution in [3.63, 3.8) is 0 Å². The summed E-state index contributed by atoms with van der Waals surface area (Å²) in [4.78, 5) is 12.9. The lowest BCUT2D eigenvalue weighted by Crippen LogP contribution is -2.25. The lowest BCUT2D eigenvalue weighted by Gasteiger charge is -2.27. The molecule has 0 aliphatic carbocycles. The van der Waals surface area contributed by atoms with Crippen molar-refractivity contribution in [1.29, 1.82) is 0 Å². The van der Waals surface area contributed by atoms with E-state index in [1.165, 1.54) is 30.3 Å². The smallest absolute Gasteiger partial charge is 0.238 e. The highest BCUT2D eigenvalue weighted by atomic mass is 16.5. The lowest BCUT2D eigenvalue weighted by molar-refractivity contribution is 0.134. The van der Waals surface area contributed by atoms with Crippen LogP contribution >= 0.6 is 0 Å². The van der Waals surface area contributed by atoms with Crippen LogP contribution in [0.25, 0.3) is 22.3 Å². The number of phenolic OH excluding ortho intramolecular Hbond substituents is 2. The Morgan fingerprint density at radius 2 is 1.85 bits per heavy atom. The van der Waals surface area contributed by atoms with Crippen LogP contribution in [0.1, 0.15) is 18.4 Å². The van der Waals surface area contributed by atoms with Crippen molar-refractivity contribution in [1.82, 2.24) is 0 Å². The molecule has 0 saturated heterocycles. The Kier molecular flexibility index (Phi) is 4.16. The number of hydrogen-bond donors (Lipinski definition) is 4. The van der Waals surface area contributed by atoms with Gasteiger partial charge in [0.15, 0.2) is 5.76 Å². The second kappa shape index (κ2) is 6.51. The van der Waals surface area contributed by atoms with Crippen molar-refractivity contribution >= 4 is 11.0 Å². The van der Waals surface area contributed by atoms with Gasteiger partial charge in [0.05, 0.1) is 0 Å². The Bertz CT molecular complexity index is 1070. The zero-order chi connectivity index (χ0) is 19.1. The molecule has 0 radical (unpaired) electrons. The Morgan fingerprint density at radius 3 is 2.56 bits per heavy atom. The maximum Gasteiger partial charge on any atom is 0.238 e. The van der Waals surface area contributed by atoms with Gasteiger partial charge in [0.2, 0.25) is 11.2 Å². The molecule has 1 aliphatic rings. The van der Waals surface area contributed by atoms with Crippen molar-refractivity contribution in [3.05, 3.63) is 46.1 Å². The molecule has 0 spiro atoms. The fourth-order valence-electron chi connectivity index (χ4n) is 3.40. The molecular weight excluding hydrogens is 352 g/mol. The first-order valence-corrected chi connectivity index (χ1v) is 8.61. The van der Waals surface area contributed by atoms with Gasteiger partial charge in [0, 0.05) is 30.2 Å². The number of aliphatic hydroxyl groups is 1. The van der Waals surface area contributed by atoms with Crippen molar-refractivity contribution in [3.8, 4) is 34.3 Å². The molecular formula is C20H18O7. The summed E-state index contributed by atoms with van der Waals surface area (Å²) in [6.07, 6.45) is 1.21. The molecule has 1 aliphatic heterocycles. The molecule has 4 N–H and O–H groups in total. The van der Waals surface area contributed by atoms with Crippen LogP contribution in [0.5, 0.6) is 23.0 Å². The molecule has 0 amide bonds. The van der Waals surface area contributed by atoms with Crippen LogP contribution in [-0.2, 0) is 6.42 Å². The molecule has 7 heteroatoms. The summed E-state index contributed by atoms with van der Waals surface area (Å²) >= 11 is 0. The molecule has 2 aromatic carbocycles. The molecule has 3 aromatic rings. The molecule has 0 bridgehead atoms. The van der Waals surface area contributed by atoms with Crippen molar-refractivity contribution in [2.45, 2.75) is 25.4 Å². The standard InChI is InChI=1S/C20H18O7/c21-8-7-12-5-6-13-14(23)9-15-16(20(13)26-12)17(24)18(25)19(27-15)10-1-3-11(22)4-2-10/h1-4,9,12,21-23,25H,5-8H2. The summed E-state index contributed by atoms with van der Waals surface area (Å²) in [5, 5.41) is 39.4. The molecule has 1 atom stereocenters. The molecule has 2 heterocycles. The van der Waals surface area contributed by atoms with Gasteiger partial charge in [-0.15, -0.1) is 0 Å². The maximum atomic E-state index is 12.9. The zero-order valence-corrected chi connectivity index (χ0v) is 14.3. The summed E-state index contributed by atoms with van der Waals surface area (Å²) in [7, 11) is 0. The monoisotopic (exact) mass is 370 g/mol. The van der Waals surface area contributed by atoms with Crippen LogP contribution < -0.4 is 10.2 Å². The minimum absolute atomic E-state index is 0.0383. The highest BCUT2D eigenvalue weighted by Gasteiger charge is 2.28. The largest absolute Gasteiger partial charge is 0.508 e. The summed E-state index contributed by atoms with van der Waals surface area (Å²) in [6, 6.07) is 7.17. The number of benzene rings is 2. The van der Waals surface area contributed by atoms with Crippen LogP contribution in [0.15, 0.2) is 39.5 Å². The van der Waals surface area contributed by atoms with E-state index in [0.717, 1.165) is 0 Å². The van der Waals surface area contributed by atoms with Crippen molar-refractivity contribution < 1.29 is 29.6 Å². The van der Waals surface area contributed by atoms with E-state index >= 15 is 0 Å². The summed E-state index contributed by atoms with van der Waals surface area (Å²) in [5.74, 6) is -0.457. The van der Waals surface area contributed by atoms with Gasteiger partial charge in [0.25, 0.3) is 0 Å². The van der Waals surface area contributed by atoms with E-state index in [4.69, 9.17) is 14.3 Å². The number of fused-ring (bicyclic) bond motifs is 3. The second-order valence-electron chi connectivity index (χ2n) is 6.52. The van der Waals surface area contributed by atoms with Crippen LogP contribution in [0, 0.1) is 0 Å². The summed E-state index contributed by atoms with van der Waals surface area (Å²) in [6.45, 7) is -0.0540. The SMILES string of the molecule is O=c1c(O)c(-c2ccc(O)cc2)oc2cc(O)c3c(c12)OC(CCO)CC3. The van der Waals surface area contributed by atoms with E-state index in [1.54, 1.807) is 0 Å². The van der Waals surface area contributed by atoms with Gasteiger partial charge in [-0.25, -0.2) is 0 Å².